The van der Waals surface area contributed by atoms with Crippen LogP contribution in [0.2, 0.25) is 0 Å². The lowest BCUT2D eigenvalue weighted by Gasteiger charge is -2.32. The molecule has 6 aromatic rings. The van der Waals surface area contributed by atoms with Gasteiger partial charge >= 0.3 is 0 Å². The van der Waals surface area contributed by atoms with E-state index in [0.29, 0.717) is 39.6 Å². The SMILES string of the molecule is COCCOCCC1(CCOCCOC)c2ccccc2-c2ccc(-c3ccc(-c4ccc(-c5cccs5)c5nsnc45)s3)cc21. The van der Waals surface area contributed by atoms with E-state index in [1.54, 1.807) is 36.9 Å². The third kappa shape index (κ3) is 5.97. The maximum absolute atomic E-state index is 6.07. The minimum atomic E-state index is -0.224. The average molecular weight is 669 g/mol. The van der Waals surface area contributed by atoms with Gasteiger partial charge in [-0.2, -0.15) is 8.75 Å². The van der Waals surface area contributed by atoms with Crippen molar-refractivity contribution in [3.63, 3.8) is 0 Å². The van der Waals surface area contributed by atoms with Gasteiger partial charge < -0.3 is 18.9 Å². The van der Waals surface area contributed by atoms with Gasteiger partial charge in [-0.25, -0.2) is 0 Å². The molecule has 0 fully saturated rings. The lowest BCUT2D eigenvalue weighted by atomic mass is 9.73. The number of ether oxygens (including phenoxy) is 4. The van der Waals surface area contributed by atoms with Gasteiger partial charge in [0.05, 0.1) is 38.2 Å². The largest absolute Gasteiger partial charge is 0.382 e. The molecule has 0 saturated heterocycles. The summed E-state index contributed by atoms with van der Waals surface area (Å²) in [4.78, 5) is 3.64. The van der Waals surface area contributed by atoms with E-state index in [1.165, 1.54) is 54.2 Å². The zero-order chi connectivity index (χ0) is 31.3. The highest BCUT2D eigenvalue weighted by molar-refractivity contribution is 7.19. The van der Waals surface area contributed by atoms with Crippen LogP contribution in [-0.2, 0) is 24.4 Å². The first kappa shape index (κ1) is 31.3. The molecule has 3 aromatic heterocycles. The highest BCUT2D eigenvalue weighted by atomic mass is 32.1. The Morgan fingerprint density at radius 1 is 0.587 bits per heavy atom. The molecule has 0 N–H and O–H groups in total. The summed E-state index contributed by atoms with van der Waals surface area (Å²) in [5.41, 5.74) is 10.5. The molecule has 0 aliphatic heterocycles. The van der Waals surface area contributed by atoms with Crippen molar-refractivity contribution in [2.24, 2.45) is 0 Å². The molecule has 7 rings (SSSR count). The highest BCUT2D eigenvalue weighted by Crippen LogP contribution is 2.54. The molecular formula is C37H36N2O4S3. The molecule has 236 valence electrons. The first-order valence-corrected chi connectivity index (χ1v) is 17.9. The Labute approximate surface area is 281 Å². The fourth-order valence-corrected chi connectivity index (χ4v) is 8.94. The van der Waals surface area contributed by atoms with Gasteiger partial charge in [0.2, 0.25) is 0 Å². The Bertz CT molecular complexity index is 1900. The van der Waals surface area contributed by atoms with Crippen molar-refractivity contribution < 1.29 is 18.9 Å². The van der Waals surface area contributed by atoms with Crippen molar-refractivity contribution in [1.29, 1.82) is 0 Å². The number of methoxy groups -OCH3 is 2. The van der Waals surface area contributed by atoms with Gasteiger partial charge in [-0.1, -0.05) is 54.6 Å². The molecule has 46 heavy (non-hydrogen) atoms. The third-order valence-electron chi connectivity index (χ3n) is 8.84. The van der Waals surface area contributed by atoms with Gasteiger partial charge in [0.1, 0.15) is 11.0 Å². The fraction of sp³-hybridized carbons (Fsp3) is 0.297. The molecule has 9 heteroatoms. The molecule has 6 nitrogen and oxygen atoms in total. The van der Waals surface area contributed by atoms with E-state index in [0.717, 1.165) is 35.0 Å². The quantitative estimate of drug-likeness (QED) is 0.102. The molecule has 0 spiro atoms. The number of hydrogen-bond donors (Lipinski definition) is 0. The molecule has 0 bridgehead atoms. The van der Waals surface area contributed by atoms with Crippen LogP contribution < -0.4 is 0 Å². The normalized spacial score (nSPS) is 13.3. The van der Waals surface area contributed by atoms with Crippen molar-refractivity contribution in [3.8, 4) is 42.4 Å². The van der Waals surface area contributed by atoms with Crippen molar-refractivity contribution in [3.05, 3.63) is 95.4 Å². The Hall–Kier alpha value is -3.28. The van der Waals surface area contributed by atoms with Crippen LogP contribution in [0.4, 0.5) is 0 Å². The summed E-state index contributed by atoms with van der Waals surface area (Å²) in [5, 5.41) is 2.10. The minimum absolute atomic E-state index is 0.224. The molecule has 0 radical (unpaired) electrons. The van der Waals surface area contributed by atoms with Crippen LogP contribution in [0, 0.1) is 0 Å². The van der Waals surface area contributed by atoms with Crippen molar-refractivity contribution in [1.82, 2.24) is 8.75 Å². The predicted octanol–water partition coefficient (Wildman–Crippen LogP) is 9.19. The van der Waals surface area contributed by atoms with Crippen LogP contribution >= 0.6 is 34.4 Å². The lowest BCUT2D eigenvalue weighted by molar-refractivity contribution is 0.0491. The first-order valence-electron chi connectivity index (χ1n) is 15.5. The number of nitrogens with zero attached hydrogens (tertiary/aromatic N) is 2. The molecule has 1 aliphatic carbocycles. The lowest BCUT2D eigenvalue weighted by Crippen LogP contribution is -2.29. The van der Waals surface area contributed by atoms with Gasteiger partial charge in [0.15, 0.2) is 0 Å². The summed E-state index contributed by atoms with van der Waals surface area (Å²) >= 11 is 4.82. The number of aromatic nitrogens is 2. The zero-order valence-corrected chi connectivity index (χ0v) is 28.4. The van der Waals surface area contributed by atoms with Crippen molar-refractivity contribution >= 4 is 45.4 Å². The van der Waals surface area contributed by atoms with Gasteiger partial charge in [-0.15, -0.1) is 22.7 Å². The van der Waals surface area contributed by atoms with E-state index >= 15 is 0 Å². The Morgan fingerprint density at radius 2 is 1.24 bits per heavy atom. The molecular weight excluding hydrogens is 633 g/mol. The summed E-state index contributed by atoms with van der Waals surface area (Å²) in [5.74, 6) is 0. The second-order valence-corrected chi connectivity index (χ2v) is 13.9. The topological polar surface area (TPSA) is 62.7 Å². The first-order chi connectivity index (χ1) is 22.7. The average Bonchev–Trinajstić information content (AvgIpc) is 3.91. The summed E-state index contributed by atoms with van der Waals surface area (Å²) in [7, 11) is 3.42. The molecule has 0 saturated carbocycles. The number of thiophene rings is 2. The maximum Gasteiger partial charge on any atom is 0.114 e. The zero-order valence-electron chi connectivity index (χ0n) is 26.0. The van der Waals surface area contributed by atoms with Gasteiger partial charge in [-0.3, -0.25) is 0 Å². The van der Waals surface area contributed by atoms with E-state index in [-0.39, 0.29) is 5.41 Å². The fourth-order valence-electron chi connectivity index (χ4n) is 6.59. The second-order valence-electron chi connectivity index (χ2n) is 11.4. The maximum atomic E-state index is 6.07. The van der Waals surface area contributed by atoms with Crippen LogP contribution in [0.3, 0.4) is 0 Å². The van der Waals surface area contributed by atoms with E-state index in [1.807, 2.05) is 0 Å². The number of hydrogen-bond acceptors (Lipinski definition) is 9. The van der Waals surface area contributed by atoms with Crippen LogP contribution in [-0.4, -0.2) is 62.6 Å². The molecule has 3 aromatic carbocycles. The molecule has 0 unspecified atom stereocenters. The molecule has 0 atom stereocenters. The van der Waals surface area contributed by atoms with E-state index < -0.39 is 0 Å². The molecule has 3 heterocycles. The Morgan fingerprint density at radius 3 is 1.93 bits per heavy atom. The summed E-state index contributed by atoms with van der Waals surface area (Å²) < 4.78 is 32.0. The van der Waals surface area contributed by atoms with Crippen LogP contribution in [0.5, 0.6) is 0 Å². The smallest absolute Gasteiger partial charge is 0.114 e. The Kier molecular flexibility index (Phi) is 9.69. The predicted molar refractivity (Wildman–Crippen MR) is 190 cm³/mol. The summed E-state index contributed by atoms with van der Waals surface area (Å²) in [6, 6.07) is 28.9. The highest BCUT2D eigenvalue weighted by Gasteiger charge is 2.42. The number of rotatable bonds is 15. The van der Waals surface area contributed by atoms with Crippen LogP contribution in [0.15, 0.2) is 84.2 Å². The van der Waals surface area contributed by atoms with Gasteiger partial charge in [-0.05, 0) is 70.3 Å². The van der Waals surface area contributed by atoms with Crippen molar-refractivity contribution in [2.45, 2.75) is 18.3 Å². The summed E-state index contributed by atoms with van der Waals surface area (Å²) in [6.45, 7) is 3.62. The number of benzene rings is 3. The monoisotopic (exact) mass is 668 g/mol. The van der Waals surface area contributed by atoms with Crippen molar-refractivity contribution in [2.75, 3.05) is 53.9 Å². The van der Waals surface area contributed by atoms with Gasteiger partial charge in [0.25, 0.3) is 0 Å². The Balaban J connectivity index is 1.24. The van der Waals surface area contributed by atoms with Crippen LogP contribution in [0.25, 0.3) is 53.5 Å². The standard InChI is InChI=1S/C37H36N2O4S3/c1-40-19-21-42-17-15-37(16-18-43-22-20-41-2)30-7-4-3-6-26(30)27-10-9-25(24-31(27)37)32-13-14-34(45-32)29-12-11-28(33-8-5-23-44-33)35-36(29)39-46-38-35/h3-14,23-24H,15-22H2,1-2H3. The third-order valence-corrected chi connectivity index (χ3v) is 11.4. The molecule has 1 aliphatic rings. The van der Waals surface area contributed by atoms with Crippen LogP contribution in [0.1, 0.15) is 24.0 Å². The van der Waals surface area contributed by atoms with E-state index in [9.17, 15) is 0 Å². The number of fused-ring (bicyclic) bond motifs is 4. The van der Waals surface area contributed by atoms with E-state index in [4.69, 9.17) is 23.3 Å². The summed E-state index contributed by atoms with van der Waals surface area (Å²) in [6.07, 6.45) is 1.72. The van der Waals surface area contributed by atoms with E-state index in [2.05, 4.69) is 88.6 Å². The van der Waals surface area contributed by atoms with Gasteiger partial charge in [0, 0.05) is 58.6 Å². The molecule has 0 amide bonds. The minimum Gasteiger partial charge on any atom is -0.382 e. The second kappa shape index (κ2) is 14.2.